The summed E-state index contributed by atoms with van der Waals surface area (Å²) in [5, 5.41) is 0. The largest absolute Gasteiger partial charge is 0.380 e. The average Bonchev–Trinajstić information content (AvgIpc) is 2.59. The molecule has 1 aliphatic rings. The van der Waals surface area contributed by atoms with E-state index in [9.17, 15) is 0 Å². The van der Waals surface area contributed by atoms with E-state index in [1.165, 1.54) is 0 Å². The molecule has 0 aromatic rings. The van der Waals surface area contributed by atoms with Crippen molar-refractivity contribution in [2.24, 2.45) is 0 Å². The molecule has 0 saturated carbocycles. The Labute approximate surface area is 100 Å². The highest BCUT2D eigenvalue weighted by atomic mass is 16.5. The molecule has 3 heteroatoms. The molecule has 3 atom stereocenters. The molecule has 1 aliphatic heterocycles. The zero-order valence-electron chi connectivity index (χ0n) is 11.6. The van der Waals surface area contributed by atoms with Crippen molar-refractivity contribution in [1.29, 1.82) is 0 Å². The molecule has 1 fully saturated rings. The van der Waals surface area contributed by atoms with E-state index < -0.39 is 0 Å². The molecular formula is C13H27NO2. The lowest BCUT2D eigenvalue weighted by Gasteiger charge is -2.35. The fourth-order valence-corrected chi connectivity index (χ4v) is 2.75. The van der Waals surface area contributed by atoms with Gasteiger partial charge in [-0.2, -0.15) is 0 Å². The number of likely N-dealkylation sites (tertiary alicyclic amines) is 1. The summed E-state index contributed by atoms with van der Waals surface area (Å²) in [4.78, 5) is 2.50. The first-order valence-electron chi connectivity index (χ1n) is 6.41. The maximum absolute atomic E-state index is 5.92. The van der Waals surface area contributed by atoms with Gasteiger partial charge in [-0.3, -0.25) is 4.90 Å². The monoisotopic (exact) mass is 229 g/mol. The van der Waals surface area contributed by atoms with Crippen molar-refractivity contribution < 1.29 is 9.47 Å². The zero-order chi connectivity index (χ0) is 12.3. The average molecular weight is 229 g/mol. The summed E-state index contributed by atoms with van der Waals surface area (Å²) in [7, 11) is 1.81. The van der Waals surface area contributed by atoms with Crippen LogP contribution < -0.4 is 0 Å². The van der Waals surface area contributed by atoms with Crippen molar-refractivity contribution in [2.75, 3.05) is 13.7 Å². The Bertz CT molecular complexity index is 206. The van der Waals surface area contributed by atoms with Gasteiger partial charge in [0.05, 0.1) is 24.4 Å². The van der Waals surface area contributed by atoms with Gasteiger partial charge in [0.2, 0.25) is 0 Å². The summed E-state index contributed by atoms with van der Waals surface area (Å²) in [6.45, 7) is 11.9. The summed E-state index contributed by atoms with van der Waals surface area (Å²) in [5.74, 6) is 0. The highest BCUT2D eigenvalue weighted by Crippen LogP contribution is 2.27. The molecule has 0 spiro atoms. The van der Waals surface area contributed by atoms with Crippen LogP contribution in [0.5, 0.6) is 0 Å². The second kappa shape index (κ2) is 5.99. The first kappa shape index (κ1) is 13.9. The van der Waals surface area contributed by atoms with Gasteiger partial charge in [-0.1, -0.05) is 0 Å². The quantitative estimate of drug-likeness (QED) is 0.722. The molecule has 0 aromatic heterocycles. The Hall–Kier alpha value is -0.120. The van der Waals surface area contributed by atoms with Crippen molar-refractivity contribution >= 4 is 0 Å². The Kier molecular flexibility index (Phi) is 5.22. The number of rotatable bonds is 5. The van der Waals surface area contributed by atoms with Gasteiger partial charge in [0, 0.05) is 19.7 Å². The summed E-state index contributed by atoms with van der Waals surface area (Å²) in [5.41, 5.74) is 0. The molecule has 3 nitrogen and oxygen atoms in total. The maximum atomic E-state index is 5.92. The maximum Gasteiger partial charge on any atom is 0.0763 e. The van der Waals surface area contributed by atoms with Gasteiger partial charge in [-0.15, -0.1) is 0 Å². The van der Waals surface area contributed by atoms with Crippen LogP contribution in [0.2, 0.25) is 0 Å². The van der Waals surface area contributed by atoms with Crippen LogP contribution in [0.15, 0.2) is 0 Å². The molecule has 0 bridgehead atoms. The van der Waals surface area contributed by atoms with Gasteiger partial charge in [0.15, 0.2) is 0 Å². The van der Waals surface area contributed by atoms with Crippen molar-refractivity contribution in [3.8, 4) is 0 Å². The van der Waals surface area contributed by atoms with E-state index in [2.05, 4.69) is 39.5 Å². The minimum absolute atomic E-state index is 0.231. The van der Waals surface area contributed by atoms with Crippen molar-refractivity contribution in [1.82, 2.24) is 4.90 Å². The Morgan fingerprint density at radius 1 is 1.12 bits per heavy atom. The van der Waals surface area contributed by atoms with Crippen molar-refractivity contribution in [2.45, 2.75) is 71.4 Å². The third-order valence-electron chi connectivity index (χ3n) is 3.37. The van der Waals surface area contributed by atoms with Crippen LogP contribution in [-0.4, -0.2) is 49.0 Å². The van der Waals surface area contributed by atoms with E-state index in [-0.39, 0.29) is 12.2 Å². The molecule has 1 saturated heterocycles. The standard InChI is InChI=1S/C13H27NO2/c1-9(2)14-8-7-12(15-6)13(14)11(5)16-10(3)4/h9-13H,7-8H2,1-6H3/t11-,12-,13+/m0/s1. The second-order valence-electron chi connectivity index (χ2n) is 5.27. The van der Waals surface area contributed by atoms with E-state index in [1.807, 2.05) is 7.11 Å². The van der Waals surface area contributed by atoms with Gasteiger partial charge in [-0.05, 0) is 41.0 Å². The molecule has 0 aromatic carbocycles. The number of hydrogen-bond acceptors (Lipinski definition) is 3. The number of hydrogen-bond donors (Lipinski definition) is 0. The minimum atomic E-state index is 0.231. The minimum Gasteiger partial charge on any atom is -0.380 e. The molecule has 0 unspecified atom stereocenters. The Morgan fingerprint density at radius 2 is 1.75 bits per heavy atom. The highest BCUT2D eigenvalue weighted by molar-refractivity contribution is 4.93. The predicted molar refractivity (Wildman–Crippen MR) is 66.7 cm³/mol. The summed E-state index contributed by atoms with van der Waals surface area (Å²) >= 11 is 0. The van der Waals surface area contributed by atoms with E-state index in [4.69, 9.17) is 9.47 Å². The third-order valence-corrected chi connectivity index (χ3v) is 3.37. The van der Waals surface area contributed by atoms with Crippen LogP contribution in [0.1, 0.15) is 41.0 Å². The van der Waals surface area contributed by atoms with Crippen LogP contribution >= 0.6 is 0 Å². The lowest BCUT2D eigenvalue weighted by atomic mass is 10.1. The fourth-order valence-electron chi connectivity index (χ4n) is 2.75. The van der Waals surface area contributed by atoms with Crippen LogP contribution in [-0.2, 0) is 9.47 Å². The number of nitrogens with zero attached hydrogens (tertiary/aromatic N) is 1. The SMILES string of the molecule is CO[C@H]1CCN(C(C)C)[C@@H]1[C@H](C)OC(C)C. The van der Waals surface area contributed by atoms with E-state index in [0.29, 0.717) is 18.2 Å². The van der Waals surface area contributed by atoms with Crippen LogP contribution in [0.3, 0.4) is 0 Å². The second-order valence-corrected chi connectivity index (χ2v) is 5.27. The lowest BCUT2D eigenvalue weighted by Crippen LogP contribution is -2.48. The van der Waals surface area contributed by atoms with Crippen LogP contribution in [0.4, 0.5) is 0 Å². The van der Waals surface area contributed by atoms with Gasteiger partial charge in [-0.25, -0.2) is 0 Å². The predicted octanol–water partition coefficient (Wildman–Crippen LogP) is 2.30. The topological polar surface area (TPSA) is 21.7 Å². The molecular weight excluding hydrogens is 202 g/mol. The molecule has 96 valence electrons. The van der Waals surface area contributed by atoms with Crippen molar-refractivity contribution in [3.63, 3.8) is 0 Å². The lowest BCUT2D eigenvalue weighted by molar-refractivity contribution is -0.0649. The Morgan fingerprint density at radius 3 is 2.19 bits per heavy atom. The highest BCUT2D eigenvalue weighted by Gasteiger charge is 2.39. The molecule has 0 N–H and O–H groups in total. The zero-order valence-corrected chi connectivity index (χ0v) is 11.6. The molecule has 1 heterocycles. The Balaban J connectivity index is 2.69. The van der Waals surface area contributed by atoms with Crippen LogP contribution in [0, 0.1) is 0 Å². The van der Waals surface area contributed by atoms with E-state index >= 15 is 0 Å². The first-order valence-corrected chi connectivity index (χ1v) is 6.41. The molecule has 0 amide bonds. The first-order chi connectivity index (χ1) is 7.47. The summed E-state index contributed by atoms with van der Waals surface area (Å²) in [6, 6.07) is 0.954. The molecule has 16 heavy (non-hydrogen) atoms. The van der Waals surface area contributed by atoms with E-state index in [1.54, 1.807) is 0 Å². The molecule has 0 radical (unpaired) electrons. The summed E-state index contributed by atoms with van der Waals surface area (Å²) in [6.07, 6.45) is 1.94. The summed E-state index contributed by atoms with van der Waals surface area (Å²) < 4.78 is 11.5. The van der Waals surface area contributed by atoms with Gasteiger partial charge >= 0.3 is 0 Å². The van der Waals surface area contributed by atoms with Crippen molar-refractivity contribution in [3.05, 3.63) is 0 Å². The normalized spacial score (nSPS) is 29.2. The molecule has 0 aliphatic carbocycles. The number of ether oxygens (including phenoxy) is 2. The van der Waals surface area contributed by atoms with Gasteiger partial charge in [0.25, 0.3) is 0 Å². The fraction of sp³-hybridized carbons (Fsp3) is 1.00. The number of methoxy groups -OCH3 is 1. The van der Waals surface area contributed by atoms with Crippen LogP contribution in [0.25, 0.3) is 0 Å². The van der Waals surface area contributed by atoms with E-state index in [0.717, 1.165) is 13.0 Å². The van der Waals surface area contributed by atoms with Gasteiger partial charge < -0.3 is 9.47 Å². The molecule has 1 rings (SSSR count). The smallest absolute Gasteiger partial charge is 0.0763 e. The third kappa shape index (κ3) is 3.19. The van der Waals surface area contributed by atoms with Gasteiger partial charge in [0.1, 0.15) is 0 Å².